The van der Waals surface area contributed by atoms with Gasteiger partial charge in [0.2, 0.25) is 0 Å². The maximum absolute atomic E-state index is 9.44. The molecule has 0 radical (unpaired) electrons. The molecule has 0 aliphatic rings. The quantitative estimate of drug-likeness (QED) is 0.522. The predicted octanol–water partition coefficient (Wildman–Crippen LogP) is 1.79. The first-order valence-corrected chi connectivity index (χ1v) is 3.65. The van der Waals surface area contributed by atoms with Gasteiger partial charge in [-0.1, -0.05) is 0 Å². The van der Waals surface area contributed by atoms with Crippen molar-refractivity contribution in [3.8, 4) is 0 Å². The average molecular weight is 200 g/mol. The summed E-state index contributed by atoms with van der Waals surface area (Å²) in [7, 11) is 9.40. The molecule has 0 aromatic rings. The van der Waals surface area contributed by atoms with Crippen molar-refractivity contribution >= 4 is 20.4 Å². The summed E-state index contributed by atoms with van der Waals surface area (Å²) >= 11 is 1.38. The minimum absolute atomic E-state index is 0.569. The monoisotopic (exact) mass is 198 g/mol. The molecule has 0 fully saturated rings. The van der Waals surface area contributed by atoms with Gasteiger partial charge in [0, 0.05) is 0 Å². The van der Waals surface area contributed by atoms with Crippen LogP contribution in [0.15, 0.2) is 0 Å². The molecule has 0 unspecified atom stereocenters. The van der Waals surface area contributed by atoms with Crippen LogP contribution >= 0.6 is 20.4 Å². The molecular formula is Cl2FNiV. The molecule has 0 aliphatic heterocycles. The third-order valence-corrected chi connectivity index (χ3v) is 0. The van der Waals surface area contributed by atoms with E-state index in [1.807, 2.05) is 0 Å². The molecule has 0 saturated heterocycles. The van der Waals surface area contributed by atoms with Crippen LogP contribution in [0.4, 0.5) is 3.41 Å². The molecule has 0 aliphatic carbocycles. The van der Waals surface area contributed by atoms with Gasteiger partial charge in [-0.2, -0.15) is 0 Å². The molecule has 0 nitrogen and oxygen atoms in total. The molecule has 0 bridgehead atoms. The molecule has 36 valence electrons. The Morgan fingerprint density at radius 1 is 1.40 bits per heavy atom. The second-order valence-electron chi connectivity index (χ2n) is 0.0452. The Morgan fingerprint density at radius 3 is 1.40 bits per heavy atom. The van der Waals surface area contributed by atoms with Crippen molar-refractivity contribution in [2.45, 2.75) is 0 Å². The fourth-order valence-corrected chi connectivity index (χ4v) is 0. The van der Waals surface area contributed by atoms with Crippen molar-refractivity contribution in [2.24, 2.45) is 0 Å². The van der Waals surface area contributed by atoms with Crippen molar-refractivity contribution in [3.05, 3.63) is 0 Å². The summed E-state index contributed by atoms with van der Waals surface area (Å²) < 4.78 is 9.44. The van der Waals surface area contributed by atoms with Gasteiger partial charge in [-0.25, -0.2) is 0 Å². The van der Waals surface area contributed by atoms with Gasteiger partial charge in [0.15, 0.2) is 0 Å². The van der Waals surface area contributed by atoms with E-state index in [4.69, 9.17) is 20.4 Å². The summed E-state index contributed by atoms with van der Waals surface area (Å²) in [5.41, 5.74) is 0. The van der Waals surface area contributed by atoms with Crippen LogP contribution in [0, 0.1) is 0 Å². The van der Waals surface area contributed by atoms with Crippen molar-refractivity contribution < 1.29 is 34.0 Å². The Morgan fingerprint density at radius 2 is 1.40 bits per heavy atom. The Bertz CT molecular complexity index is 9.61. The molecule has 5 heteroatoms. The van der Waals surface area contributed by atoms with E-state index in [0.29, 0.717) is 12.7 Å². The minimum atomic E-state index is 0.569. The van der Waals surface area contributed by atoms with Crippen LogP contribution in [0.25, 0.3) is 0 Å². The number of halogens is 3. The van der Waals surface area contributed by atoms with E-state index in [0.717, 1.165) is 17.9 Å². The Labute approximate surface area is 54.2 Å². The molecule has 0 spiro atoms. The normalized spacial score (nSPS) is 5.40. The summed E-state index contributed by atoms with van der Waals surface area (Å²) in [6.07, 6.45) is 0. The van der Waals surface area contributed by atoms with Crippen LogP contribution in [0.3, 0.4) is 0 Å². The third-order valence-electron chi connectivity index (χ3n) is 0. The zero-order chi connectivity index (χ0) is 4.71. The zero-order valence-electron chi connectivity index (χ0n) is 1.90. The van der Waals surface area contributed by atoms with Crippen LogP contribution in [-0.2, 0) is 30.6 Å². The molecule has 0 heterocycles. The van der Waals surface area contributed by atoms with Crippen LogP contribution in [0.5, 0.6) is 0 Å². The average Bonchev–Trinajstić information content (AvgIpc) is 1.46. The molecule has 0 N–H and O–H groups in total. The number of hydrogen-bond donors (Lipinski definition) is 0. The van der Waals surface area contributed by atoms with Gasteiger partial charge in [0.1, 0.15) is 0 Å². The first-order chi connectivity index (χ1) is 2.41. The first-order valence-electron chi connectivity index (χ1n) is 0.408. The zero-order valence-corrected chi connectivity index (χ0v) is 5.79. The first kappa shape index (κ1) is 9.77. The summed E-state index contributed by atoms with van der Waals surface area (Å²) in [4.78, 5) is 0. The summed E-state index contributed by atoms with van der Waals surface area (Å²) in [5, 5.41) is 0. The van der Waals surface area contributed by atoms with Crippen LogP contribution < -0.4 is 0 Å². The fourth-order valence-electron chi connectivity index (χ4n) is 0. The predicted molar refractivity (Wildman–Crippen MR) is 12.8 cm³/mol. The molecule has 5 heavy (non-hydrogen) atoms. The second kappa shape index (κ2) is 17.6. The fraction of sp³-hybridized carbons (Fsp3) is 0. The van der Waals surface area contributed by atoms with Gasteiger partial charge in [-0.15, -0.1) is 0 Å². The van der Waals surface area contributed by atoms with E-state index >= 15 is 0 Å². The van der Waals surface area contributed by atoms with Crippen LogP contribution in [0.2, 0.25) is 0 Å². The van der Waals surface area contributed by atoms with E-state index in [-0.39, 0.29) is 0 Å². The van der Waals surface area contributed by atoms with Crippen molar-refractivity contribution in [1.29, 1.82) is 0 Å². The van der Waals surface area contributed by atoms with Gasteiger partial charge >= 0.3 is 54.4 Å². The van der Waals surface area contributed by atoms with E-state index in [1.54, 1.807) is 0 Å². The maximum atomic E-state index is 9.44. The van der Waals surface area contributed by atoms with Crippen LogP contribution in [-0.4, -0.2) is 0 Å². The molecule has 0 aromatic carbocycles. The number of hydrogen-bond acceptors (Lipinski definition) is 0. The molecule has 0 rings (SSSR count). The van der Waals surface area contributed by atoms with E-state index in [9.17, 15) is 3.41 Å². The van der Waals surface area contributed by atoms with Gasteiger partial charge in [0.25, 0.3) is 0 Å². The summed E-state index contributed by atoms with van der Waals surface area (Å²) in [6.45, 7) is 0. The standard InChI is InChI=1S/2ClH.FH.Ni.V/h3*1H;;/q;;;+2;+1/p-3. The van der Waals surface area contributed by atoms with E-state index in [2.05, 4.69) is 0 Å². The molecule has 0 amide bonds. The van der Waals surface area contributed by atoms with Gasteiger partial charge in [0.05, 0.1) is 0 Å². The summed E-state index contributed by atoms with van der Waals surface area (Å²) in [6, 6.07) is 0. The van der Waals surface area contributed by atoms with Crippen molar-refractivity contribution in [1.82, 2.24) is 0 Å². The van der Waals surface area contributed by atoms with Gasteiger partial charge in [-0.05, 0) is 0 Å². The van der Waals surface area contributed by atoms with E-state index in [1.165, 1.54) is 0 Å². The SMILES string of the molecule is [Cl][Ni][Cl].[F][V]. The molecule has 0 aromatic heterocycles. The Balaban J connectivity index is 0. The second-order valence-corrected chi connectivity index (χ2v) is 1.68. The van der Waals surface area contributed by atoms with Crippen LogP contribution in [0.1, 0.15) is 0 Å². The molecular weight excluding hydrogens is 200 g/mol. The Hall–Kier alpha value is 1.59. The molecule has 0 atom stereocenters. The number of rotatable bonds is 0. The van der Waals surface area contributed by atoms with Crippen molar-refractivity contribution in [3.63, 3.8) is 0 Å². The van der Waals surface area contributed by atoms with Gasteiger partial charge < -0.3 is 0 Å². The summed E-state index contributed by atoms with van der Waals surface area (Å²) in [5.74, 6) is 0. The third kappa shape index (κ3) is 28.5. The molecule has 0 saturated carbocycles. The topological polar surface area (TPSA) is 0 Å². The Kier molecular flexibility index (Phi) is 34.3. The van der Waals surface area contributed by atoms with Crippen molar-refractivity contribution in [2.75, 3.05) is 0 Å². The van der Waals surface area contributed by atoms with Gasteiger partial charge in [-0.3, -0.25) is 0 Å². The van der Waals surface area contributed by atoms with E-state index < -0.39 is 0 Å².